The fourth-order valence-corrected chi connectivity index (χ4v) is 1.74. The van der Waals surface area contributed by atoms with Crippen LogP contribution in [0.15, 0.2) is 0 Å². The molecule has 1 aliphatic heterocycles. The van der Waals surface area contributed by atoms with E-state index in [0.717, 1.165) is 6.54 Å². The summed E-state index contributed by atoms with van der Waals surface area (Å²) in [6, 6.07) is 0.114. The molecule has 0 bridgehead atoms. The van der Waals surface area contributed by atoms with Gasteiger partial charge in [-0.15, -0.1) is 0 Å². The average molecular weight is 213 g/mol. The van der Waals surface area contributed by atoms with E-state index in [-0.39, 0.29) is 23.8 Å². The summed E-state index contributed by atoms with van der Waals surface area (Å²) in [7, 11) is 3.92. The summed E-state index contributed by atoms with van der Waals surface area (Å²) in [5.41, 5.74) is 0. The van der Waals surface area contributed by atoms with Crippen molar-refractivity contribution in [3.63, 3.8) is 0 Å². The van der Waals surface area contributed by atoms with Crippen LogP contribution >= 0.6 is 0 Å². The molecule has 0 aromatic carbocycles. The summed E-state index contributed by atoms with van der Waals surface area (Å²) >= 11 is 0. The van der Waals surface area contributed by atoms with E-state index in [9.17, 15) is 9.59 Å². The Kier molecular flexibility index (Phi) is 4.08. The van der Waals surface area contributed by atoms with Gasteiger partial charge in [0.2, 0.25) is 11.8 Å². The van der Waals surface area contributed by atoms with E-state index in [1.807, 2.05) is 25.9 Å². The normalized spacial score (nSPS) is 22.7. The maximum absolute atomic E-state index is 11.7. The molecule has 2 N–H and O–H groups in total. The van der Waals surface area contributed by atoms with E-state index in [2.05, 4.69) is 10.6 Å². The monoisotopic (exact) mass is 213 g/mol. The summed E-state index contributed by atoms with van der Waals surface area (Å²) < 4.78 is 0. The van der Waals surface area contributed by atoms with E-state index in [1.54, 1.807) is 0 Å². The Hall–Kier alpha value is -1.10. The molecule has 0 aromatic rings. The Morgan fingerprint density at radius 3 is 2.80 bits per heavy atom. The van der Waals surface area contributed by atoms with Crippen molar-refractivity contribution in [1.82, 2.24) is 15.5 Å². The van der Waals surface area contributed by atoms with Crippen LogP contribution in [-0.2, 0) is 9.59 Å². The summed E-state index contributed by atoms with van der Waals surface area (Å²) in [4.78, 5) is 24.6. The SMILES string of the molecule is CC(CN(C)C)NC(=O)C1CNC(=O)C1. The molecule has 1 saturated heterocycles. The first kappa shape index (κ1) is 12.0. The van der Waals surface area contributed by atoms with Crippen LogP contribution in [0.3, 0.4) is 0 Å². The molecule has 0 aliphatic carbocycles. The summed E-state index contributed by atoms with van der Waals surface area (Å²) in [5, 5.41) is 5.56. The number of carbonyl (C=O) groups is 2. The van der Waals surface area contributed by atoms with E-state index in [4.69, 9.17) is 0 Å². The quantitative estimate of drug-likeness (QED) is 0.642. The zero-order valence-electron chi connectivity index (χ0n) is 9.54. The lowest BCUT2D eigenvalue weighted by atomic mass is 10.1. The molecule has 0 aromatic heterocycles. The summed E-state index contributed by atoms with van der Waals surface area (Å²) in [5.74, 6) is -0.250. The number of nitrogens with one attached hydrogen (secondary N) is 2. The lowest BCUT2D eigenvalue weighted by Crippen LogP contribution is -2.42. The second kappa shape index (κ2) is 5.11. The second-order valence-corrected chi connectivity index (χ2v) is 4.38. The molecule has 5 heteroatoms. The average Bonchev–Trinajstić information content (AvgIpc) is 2.49. The largest absolute Gasteiger partial charge is 0.355 e. The lowest BCUT2D eigenvalue weighted by Gasteiger charge is -2.19. The first-order valence-electron chi connectivity index (χ1n) is 5.21. The molecular formula is C10H19N3O2. The van der Waals surface area contributed by atoms with Crippen LogP contribution in [0.1, 0.15) is 13.3 Å². The maximum Gasteiger partial charge on any atom is 0.225 e. The number of likely N-dealkylation sites (N-methyl/N-ethyl adjacent to an activating group) is 1. The van der Waals surface area contributed by atoms with Gasteiger partial charge >= 0.3 is 0 Å². The van der Waals surface area contributed by atoms with Gasteiger partial charge in [0.1, 0.15) is 0 Å². The van der Waals surface area contributed by atoms with Crippen LogP contribution in [0.4, 0.5) is 0 Å². The second-order valence-electron chi connectivity index (χ2n) is 4.38. The molecule has 1 aliphatic rings. The van der Waals surface area contributed by atoms with Gasteiger partial charge in [-0.3, -0.25) is 9.59 Å². The van der Waals surface area contributed by atoms with E-state index < -0.39 is 0 Å². The molecule has 1 rings (SSSR count). The zero-order valence-corrected chi connectivity index (χ0v) is 9.54. The highest BCUT2D eigenvalue weighted by Crippen LogP contribution is 2.08. The number of nitrogens with zero attached hydrogens (tertiary/aromatic N) is 1. The van der Waals surface area contributed by atoms with Crippen molar-refractivity contribution >= 4 is 11.8 Å². The van der Waals surface area contributed by atoms with E-state index in [1.165, 1.54) is 0 Å². The van der Waals surface area contributed by atoms with Crippen LogP contribution in [0, 0.1) is 5.92 Å². The Balaban J connectivity index is 2.32. The maximum atomic E-state index is 11.7. The third-order valence-electron chi connectivity index (χ3n) is 2.38. The summed E-state index contributed by atoms with van der Waals surface area (Å²) in [6.45, 7) is 3.24. The molecule has 1 heterocycles. The fourth-order valence-electron chi connectivity index (χ4n) is 1.74. The van der Waals surface area contributed by atoms with Gasteiger partial charge in [0.25, 0.3) is 0 Å². The standard InChI is InChI=1S/C10H19N3O2/c1-7(6-13(2)3)12-10(15)8-4-9(14)11-5-8/h7-8H,4-6H2,1-3H3,(H,11,14)(H,12,15). The minimum absolute atomic E-state index is 0.0253. The molecule has 0 radical (unpaired) electrons. The molecular weight excluding hydrogens is 194 g/mol. The van der Waals surface area contributed by atoms with Crippen LogP contribution in [0.2, 0.25) is 0 Å². The number of hydrogen-bond acceptors (Lipinski definition) is 3. The molecule has 5 nitrogen and oxygen atoms in total. The van der Waals surface area contributed by atoms with Gasteiger partial charge in [-0.1, -0.05) is 0 Å². The molecule has 0 spiro atoms. The van der Waals surface area contributed by atoms with Crippen molar-refractivity contribution in [2.24, 2.45) is 5.92 Å². The predicted octanol–water partition coefficient (Wildman–Crippen LogP) is -0.811. The van der Waals surface area contributed by atoms with E-state index >= 15 is 0 Å². The Labute approximate surface area is 90.2 Å². The molecule has 1 fully saturated rings. The van der Waals surface area contributed by atoms with Crippen molar-refractivity contribution in [3.8, 4) is 0 Å². The Bertz CT molecular complexity index is 253. The third kappa shape index (κ3) is 3.87. The highest BCUT2D eigenvalue weighted by atomic mass is 16.2. The van der Waals surface area contributed by atoms with E-state index in [0.29, 0.717) is 13.0 Å². The van der Waals surface area contributed by atoms with Gasteiger partial charge in [0.15, 0.2) is 0 Å². The van der Waals surface area contributed by atoms with Gasteiger partial charge in [0, 0.05) is 25.6 Å². The van der Waals surface area contributed by atoms with Crippen molar-refractivity contribution in [1.29, 1.82) is 0 Å². The van der Waals surface area contributed by atoms with Crippen LogP contribution in [0.5, 0.6) is 0 Å². The van der Waals surface area contributed by atoms with Crippen LogP contribution < -0.4 is 10.6 Å². The highest BCUT2D eigenvalue weighted by Gasteiger charge is 2.28. The van der Waals surface area contributed by atoms with Crippen molar-refractivity contribution in [3.05, 3.63) is 0 Å². The van der Waals surface area contributed by atoms with Gasteiger partial charge < -0.3 is 15.5 Å². The Morgan fingerprint density at radius 2 is 2.33 bits per heavy atom. The van der Waals surface area contributed by atoms with Gasteiger partial charge in [-0.05, 0) is 21.0 Å². The molecule has 15 heavy (non-hydrogen) atoms. The van der Waals surface area contributed by atoms with Crippen molar-refractivity contribution in [2.45, 2.75) is 19.4 Å². The number of hydrogen-bond donors (Lipinski definition) is 2. The van der Waals surface area contributed by atoms with Gasteiger partial charge in [-0.2, -0.15) is 0 Å². The predicted molar refractivity (Wildman–Crippen MR) is 57.3 cm³/mol. The van der Waals surface area contributed by atoms with Crippen molar-refractivity contribution in [2.75, 3.05) is 27.2 Å². The van der Waals surface area contributed by atoms with Gasteiger partial charge in [-0.25, -0.2) is 0 Å². The first-order valence-corrected chi connectivity index (χ1v) is 5.21. The lowest BCUT2D eigenvalue weighted by molar-refractivity contribution is -0.127. The number of carbonyl (C=O) groups excluding carboxylic acids is 2. The molecule has 2 unspecified atom stereocenters. The first-order chi connectivity index (χ1) is 6.99. The number of amides is 2. The topological polar surface area (TPSA) is 61.4 Å². The smallest absolute Gasteiger partial charge is 0.225 e. The highest BCUT2D eigenvalue weighted by molar-refractivity contribution is 5.89. The minimum Gasteiger partial charge on any atom is -0.355 e. The molecule has 86 valence electrons. The van der Waals surface area contributed by atoms with Crippen LogP contribution in [0.25, 0.3) is 0 Å². The molecule has 2 amide bonds. The fraction of sp³-hybridized carbons (Fsp3) is 0.800. The van der Waals surface area contributed by atoms with Crippen molar-refractivity contribution < 1.29 is 9.59 Å². The minimum atomic E-state index is -0.192. The van der Waals surface area contributed by atoms with Crippen LogP contribution in [-0.4, -0.2) is 49.9 Å². The Morgan fingerprint density at radius 1 is 1.67 bits per heavy atom. The third-order valence-corrected chi connectivity index (χ3v) is 2.38. The van der Waals surface area contributed by atoms with Gasteiger partial charge in [0.05, 0.1) is 5.92 Å². The number of rotatable bonds is 4. The zero-order chi connectivity index (χ0) is 11.4. The molecule has 2 atom stereocenters. The summed E-state index contributed by atoms with van der Waals surface area (Å²) in [6.07, 6.45) is 0.320. The molecule has 0 saturated carbocycles.